The Balaban J connectivity index is 2.50. The average Bonchev–Trinajstić information content (AvgIpc) is 2.64. The topological polar surface area (TPSA) is 63.3 Å². The Hall–Kier alpha value is -1.81. The molecule has 0 fully saturated rings. The SMILES string of the molecule is Cc1ccc(-c2nc(C)c(C(=O)O)o2)cc1Cl. The first-order valence-corrected chi connectivity index (χ1v) is 5.34. The largest absolute Gasteiger partial charge is 0.475 e. The van der Waals surface area contributed by atoms with E-state index in [9.17, 15) is 4.79 Å². The number of carboxylic acid groups (broad SMARTS) is 1. The number of rotatable bonds is 2. The highest BCUT2D eigenvalue weighted by molar-refractivity contribution is 6.31. The van der Waals surface area contributed by atoms with Crippen LogP contribution < -0.4 is 0 Å². The molecular weight excluding hydrogens is 242 g/mol. The van der Waals surface area contributed by atoms with Crippen molar-refractivity contribution < 1.29 is 14.3 Å². The fourth-order valence-electron chi connectivity index (χ4n) is 1.44. The van der Waals surface area contributed by atoms with Crippen molar-refractivity contribution in [1.29, 1.82) is 0 Å². The number of halogens is 1. The van der Waals surface area contributed by atoms with Gasteiger partial charge in [0.2, 0.25) is 11.7 Å². The summed E-state index contributed by atoms with van der Waals surface area (Å²) in [5.74, 6) is -1.00. The number of carbonyl (C=O) groups is 1. The predicted molar refractivity (Wildman–Crippen MR) is 63.4 cm³/mol. The van der Waals surface area contributed by atoms with E-state index in [0.29, 0.717) is 16.3 Å². The lowest BCUT2D eigenvalue weighted by Gasteiger charge is -1.99. The zero-order valence-electron chi connectivity index (χ0n) is 9.32. The van der Waals surface area contributed by atoms with Crippen molar-refractivity contribution >= 4 is 17.6 Å². The minimum absolute atomic E-state index is 0.142. The van der Waals surface area contributed by atoms with E-state index in [2.05, 4.69) is 4.98 Å². The molecule has 0 bridgehead atoms. The van der Waals surface area contributed by atoms with Crippen LogP contribution in [0, 0.1) is 13.8 Å². The normalized spacial score (nSPS) is 10.5. The van der Waals surface area contributed by atoms with Crippen LogP contribution in [0.5, 0.6) is 0 Å². The summed E-state index contributed by atoms with van der Waals surface area (Å²) in [4.78, 5) is 14.9. The summed E-state index contributed by atoms with van der Waals surface area (Å²) in [5.41, 5.74) is 1.96. The molecule has 0 saturated heterocycles. The summed E-state index contributed by atoms with van der Waals surface area (Å²) in [5, 5.41) is 9.46. The molecule has 0 aliphatic heterocycles. The third kappa shape index (κ3) is 2.17. The number of aromatic nitrogens is 1. The van der Waals surface area contributed by atoms with E-state index in [-0.39, 0.29) is 11.7 Å². The molecule has 5 heteroatoms. The van der Waals surface area contributed by atoms with Crippen molar-refractivity contribution in [2.75, 3.05) is 0 Å². The van der Waals surface area contributed by atoms with Gasteiger partial charge >= 0.3 is 5.97 Å². The van der Waals surface area contributed by atoms with Crippen LogP contribution in [0.1, 0.15) is 21.8 Å². The van der Waals surface area contributed by atoms with Gasteiger partial charge in [0.05, 0.1) is 5.69 Å². The Kier molecular flexibility index (Phi) is 2.90. The highest BCUT2D eigenvalue weighted by Gasteiger charge is 2.17. The first kappa shape index (κ1) is 11.7. The number of oxazole rings is 1. The van der Waals surface area contributed by atoms with E-state index in [0.717, 1.165) is 5.56 Å². The number of hydrogen-bond acceptors (Lipinski definition) is 3. The van der Waals surface area contributed by atoms with Gasteiger partial charge < -0.3 is 9.52 Å². The quantitative estimate of drug-likeness (QED) is 0.889. The molecule has 17 heavy (non-hydrogen) atoms. The maximum absolute atomic E-state index is 10.8. The number of benzene rings is 1. The summed E-state index contributed by atoms with van der Waals surface area (Å²) in [6, 6.07) is 5.32. The van der Waals surface area contributed by atoms with E-state index in [1.807, 2.05) is 13.0 Å². The number of hydrogen-bond donors (Lipinski definition) is 1. The lowest BCUT2D eigenvalue weighted by molar-refractivity contribution is 0.0662. The van der Waals surface area contributed by atoms with Crippen LogP contribution in [0.3, 0.4) is 0 Å². The second-order valence-corrected chi connectivity index (χ2v) is 4.11. The van der Waals surface area contributed by atoms with Gasteiger partial charge in [-0.1, -0.05) is 17.7 Å². The minimum Gasteiger partial charge on any atom is -0.475 e. The van der Waals surface area contributed by atoms with Gasteiger partial charge in [0, 0.05) is 10.6 Å². The fraction of sp³-hybridized carbons (Fsp3) is 0.167. The first-order valence-electron chi connectivity index (χ1n) is 4.96. The van der Waals surface area contributed by atoms with Gasteiger partial charge in [0.15, 0.2) is 0 Å². The zero-order chi connectivity index (χ0) is 12.6. The first-order chi connectivity index (χ1) is 7.99. The minimum atomic E-state index is -1.13. The molecular formula is C12H10ClNO3. The van der Waals surface area contributed by atoms with E-state index in [4.69, 9.17) is 21.1 Å². The second-order valence-electron chi connectivity index (χ2n) is 3.70. The molecule has 2 aromatic rings. The van der Waals surface area contributed by atoms with Gasteiger partial charge in [-0.15, -0.1) is 0 Å². The summed E-state index contributed by atoms with van der Waals surface area (Å²) in [7, 11) is 0. The fourth-order valence-corrected chi connectivity index (χ4v) is 1.62. The highest BCUT2D eigenvalue weighted by atomic mass is 35.5. The van der Waals surface area contributed by atoms with Crippen LogP contribution in [0.15, 0.2) is 22.6 Å². The van der Waals surface area contributed by atoms with Crippen molar-refractivity contribution in [3.05, 3.63) is 40.2 Å². The van der Waals surface area contributed by atoms with Gasteiger partial charge in [0.25, 0.3) is 0 Å². The van der Waals surface area contributed by atoms with Crippen molar-refractivity contribution in [3.8, 4) is 11.5 Å². The summed E-state index contributed by atoms with van der Waals surface area (Å²) < 4.78 is 5.19. The lowest BCUT2D eigenvalue weighted by Crippen LogP contribution is -1.95. The van der Waals surface area contributed by atoms with Crippen LogP contribution in [0.2, 0.25) is 5.02 Å². The van der Waals surface area contributed by atoms with Gasteiger partial charge in [-0.2, -0.15) is 0 Å². The maximum atomic E-state index is 10.8. The molecule has 4 nitrogen and oxygen atoms in total. The third-order valence-corrected chi connectivity index (χ3v) is 2.82. The van der Waals surface area contributed by atoms with Crippen LogP contribution in [0.4, 0.5) is 0 Å². The summed E-state index contributed by atoms with van der Waals surface area (Å²) in [6.07, 6.45) is 0. The monoisotopic (exact) mass is 251 g/mol. The van der Waals surface area contributed by atoms with Gasteiger partial charge in [-0.3, -0.25) is 0 Å². The molecule has 1 aromatic carbocycles. The molecule has 0 radical (unpaired) electrons. The molecule has 1 N–H and O–H groups in total. The third-order valence-electron chi connectivity index (χ3n) is 2.41. The van der Waals surface area contributed by atoms with Crippen LogP contribution in [-0.2, 0) is 0 Å². The number of carboxylic acids is 1. The Bertz CT molecular complexity index is 589. The molecule has 0 amide bonds. The Morgan fingerprint density at radius 1 is 1.41 bits per heavy atom. The molecule has 88 valence electrons. The standard InChI is InChI=1S/C12H10ClNO3/c1-6-3-4-8(5-9(6)13)11-14-7(2)10(17-11)12(15)16/h3-5H,1-2H3,(H,15,16). The molecule has 0 unspecified atom stereocenters. The van der Waals surface area contributed by atoms with Gasteiger partial charge in [-0.05, 0) is 31.5 Å². The summed E-state index contributed by atoms with van der Waals surface area (Å²) >= 11 is 5.99. The van der Waals surface area contributed by atoms with Crippen molar-refractivity contribution in [3.63, 3.8) is 0 Å². The Labute approximate surface area is 103 Å². The molecule has 0 aliphatic rings. The van der Waals surface area contributed by atoms with E-state index in [1.165, 1.54) is 0 Å². The zero-order valence-corrected chi connectivity index (χ0v) is 10.1. The summed E-state index contributed by atoms with van der Waals surface area (Å²) in [6.45, 7) is 3.47. The highest BCUT2D eigenvalue weighted by Crippen LogP contribution is 2.26. The molecule has 0 aliphatic carbocycles. The average molecular weight is 252 g/mol. The maximum Gasteiger partial charge on any atom is 0.373 e. The smallest absolute Gasteiger partial charge is 0.373 e. The second kappa shape index (κ2) is 4.22. The number of aryl methyl sites for hydroxylation is 2. The Morgan fingerprint density at radius 2 is 2.12 bits per heavy atom. The molecule has 2 rings (SSSR count). The molecule has 0 saturated carbocycles. The van der Waals surface area contributed by atoms with Gasteiger partial charge in [-0.25, -0.2) is 9.78 Å². The molecule has 0 spiro atoms. The van der Waals surface area contributed by atoms with Crippen LogP contribution in [-0.4, -0.2) is 16.1 Å². The molecule has 1 heterocycles. The number of aromatic carboxylic acids is 1. The molecule has 0 atom stereocenters. The van der Waals surface area contributed by atoms with Crippen molar-refractivity contribution in [1.82, 2.24) is 4.98 Å². The van der Waals surface area contributed by atoms with E-state index < -0.39 is 5.97 Å². The van der Waals surface area contributed by atoms with E-state index >= 15 is 0 Å². The van der Waals surface area contributed by atoms with Crippen molar-refractivity contribution in [2.45, 2.75) is 13.8 Å². The predicted octanol–water partition coefficient (Wildman–Crippen LogP) is 3.31. The van der Waals surface area contributed by atoms with Crippen LogP contribution >= 0.6 is 11.6 Å². The van der Waals surface area contributed by atoms with Crippen LogP contribution in [0.25, 0.3) is 11.5 Å². The Morgan fingerprint density at radius 3 is 2.65 bits per heavy atom. The lowest BCUT2D eigenvalue weighted by atomic mass is 10.1. The number of nitrogens with zero attached hydrogens (tertiary/aromatic N) is 1. The van der Waals surface area contributed by atoms with Gasteiger partial charge in [0.1, 0.15) is 0 Å². The van der Waals surface area contributed by atoms with Crippen molar-refractivity contribution in [2.24, 2.45) is 0 Å². The molecule has 1 aromatic heterocycles. The van der Waals surface area contributed by atoms with E-state index in [1.54, 1.807) is 19.1 Å².